The minimum atomic E-state index is -0.272. The zero-order chi connectivity index (χ0) is 16.8. The number of benzene rings is 1. The van der Waals surface area contributed by atoms with Gasteiger partial charge in [-0.05, 0) is 33.6 Å². The van der Waals surface area contributed by atoms with Crippen molar-refractivity contribution in [3.63, 3.8) is 0 Å². The van der Waals surface area contributed by atoms with Crippen LogP contribution in [-0.2, 0) is 13.1 Å². The van der Waals surface area contributed by atoms with Crippen LogP contribution in [0.2, 0.25) is 0 Å². The summed E-state index contributed by atoms with van der Waals surface area (Å²) >= 11 is 4.74. The van der Waals surface area contributed by atoms with Gasteiger partial charge in [-0.2, -0.15) is 0 Å². The third-order valence-electron chi connectivity index (χ3n) is 3.03. The van der Waals surface area contributed by atoms with Gasteiger partial charge in [0.25, 0.3) is 0 Å². The predicted octanol–water partition coefficient (Wildman–Crippen LogP) is 2.98. The third kappa shape index (κ3) is 5.18. The smallest absolute Gasteiger partial charge is 0.191 e. The molecule has 0 aliphatic carbocycles. The molecule has 8 heteroatoms. The van der Waals surface area contributed by atoms with Gasteiger partial charge in [0, 0.05) is 33.1 Å². The van der Waals surface area contributed by atoms with Crippen molar-refractivity contribution in [2.75, 3.05) is 26.0 Å². The monoisotopic (exact) mass is 399 g/mol. The summed E-state index contributed by atoms with van der Waals surface area (Å²) in [7, 11) is 5.63. The van der Waals surface area contributed by atoms with Crippen LogP contribution in [0.15, 0.2) is 33.0 Å². The molecular formula is C15H19BrFN5S. The molecule has 0 radical (unpaired) electrons. The lowest BCUT2D eigenvalue weighted by Crippen LogP contribution is -2.36. The van der Waals surface area contributed by atoms with E-state index in [2.05, 4.69) is 36.5 Å². The zero-order valence-corrected chi connectivity index (χ0v) is 15.6. The Bertz CT molecular complexity index is 686. The summed E-state index contributed by atoms with van der Waals surface area (Å²) in [5, 5.41) is 9.33. The first-order valence-electron chi connectivity index (χ1n) is 6.99. The van der Waals surface area contributed by atoms with Crippen molar-refractivity contribution in [2.45, 2.75) is 13.1 Å². The molecule has 2 aromatic rings. The van der Waals surface area contributed by atoms with Gasteiger partial charge in [0.05, 0.1) is 16.7 Å². The third-order valence-corrected chi connectivity index (χ3v) is 4.73. The summed E-state index contributed by atoms with van der Waals surface area (Å²) in [6, 6.07) is 5.05. The minimum absolute atomic E-state index is 0.272. The molecule has 1 aromatic carbocycles. The molecule has 0 aliphatic heterocycles. The lowest BCUT2D eigenvalue weighted by molar-refractivity contribution is 0.617. The van der Waals surface area contributed by atoms with Crippen molar-refractivity contribution in [1.82, 2.24) is 15.6 Å². The maximum absolute atomic E-state index is 13.5. The minimum Gasteiger partial charge on any atom is -0.354 e. The number of aliphatic imine (C=N–C) groups is 1. The quantitative estimate of drug-likeness (QED) is 0.599. The van der Waals surface area contributed by atoms with Gasteiger partial charge in [-0.15, -0.1) is 11.3 Å². The van der Waals surface area contributed by atoms with Crippen LogP contribution in [0.1, 0.15) is 11.3 Å². The van der Waals surface area contributed by atoms with E-state index in [1.165, 1.54) is 6.07 Å². The molecule has 0 saturated heterocycles. The van der Waals surface area contributed by atoms with Crippen molar-refractivity contribution in [3.05, 3.63) is 45.1 Å². The summed E-state index contributed by atoms with van der Waals surface area (Å²) in [6.45, 7) is 1.07. The molecule has 1 heterocycles. The van der Waals surface area contributed by atoms with E-state index in [9.17, 15) is 4.39 Å². The van der Waals surface area contributed by atoms with E-state index in [-0.39, 0.29) is 5.82 Å². The Morgan fingerprint density at radius 2 is 2.09 bits per heavy atom. The fraction of sp³-hybridized carbons (Fsp3) is 0.333. The summed E-state index contributed by atoms with van der Waals surface area (Å²) in [5.41, 5.74) is 1.80. The Morgan fingerprint density at radius 3 is 2.70 bits per heavy atom. The number of halogens is 2. The van der Waals surface area contributed by atoms with Crippen LogP contribution in [0, 0.1) is 5.82 Å². The molecule has 0 unspecified atom stereocenters. The van der Waals surface area contributed by atoms with Crippen molar-refractivity contribution in [3.8, 4) is 0 Å². The zero-order valence-electron chi connectivity index (χ0n) is 13.2. The number of thiazole rings is 1. The number of nitrogens with zero attached hydrogens (tertiary/aromatic N) is 3. The van der Waals surface area contributed by atoms with Gasteiger partial charge in [0.15, 0.2) is 11.1 Å². The highest BCUT2D eigenvalue weighted by Crippen LogP contribution is 2.18. The number of hydrogen-bond donors (Lipinski definition) is 2. The molecule has 2 N–H and O–H groups in total. The fourth-order valence-corrected chi connectivity index (χ4v) is 2.82. The van der Waals surface area contributed by atoms with Crippen molar-refractivity contribution in [1.29, 1.82) is 0 Å². The van der Waals surface area contributed by atoms with Crippen LogP contribution in [0.5, 0.6) is 0 Å². The van der Waals surface area contributed by atoms with E-state index in [1.54, 1.807) is 24.5 Å². The van der Waals surface area contributed by atoms with E-state index in [4.69, 9.17) is 0 Å². The van der Waals surface area contributed by atoms with Gasteiger partial charge in [-0.25, -0.2) is 9.37 Å². The molecule has 0 fully saturated rings. The number of nitrogens with one attached hydrogen (secondary N) is 2. The number of guanidine groups is 1. The molecular weight excluding hydrogens is 381 g/mol. The molecule has 2 rings (SSSR count). The van der Waals surface area contributed by atoms with Crippen LogP contribution < -0.4 is 15.5 Å². The molecule has 0 saturated carbocycles. The second-order valence-corrected chi connectivity index (χ2v) is 6.73. The first-order valence-corrected chi connectivity index (χ1v) is 8.67. The van der Waals surface area contributed by atoms with Crippen LogP contribution in [-0.4, -0.2) is 32.1 Å². The molecule has 23 heavy (non-hydrogen) atoms. The van der Waals surface area contributed by atoms with Gasteiger partial charge in [-0.1, -0.05) is 6.07 Å². The summed E-state index contributed by atoms with van der Waals surface area (Å²) < 4.78 is 14.0. The van der Waals surface area contributed by atoms with Gasteiger partial charge in [0.1, 0.15) is 5.82 Å². The summed E-state index contributed by atoms with van der Waals surface area (Å²) in [4.78, 5) is 10.6. The van der Waals surface area contributed by atoms with Crippen LogP contribution in [0.25, 0.3) is 0 Å². The average molecular weight is 400 g/mol. The van der Waals surface area contributed by atoms with Gasteiger partial charge < -0.3 is 15.5 Å². The first kappa shape index (κ1) is 17.7. The van der Waals surface area contributed by atoms with Crippen LogP contribution in [0.3, 0.4) is 0 Å². The highest BCUT2D eigenvalue weighted by atomic mass is 79.9. The molecule has 0 spiro atoms. The highest BCUT2D eigenvalue weighted by molar-refractivity contribution is 9.10. The second-order valence-electron chi connectivity index (χ2n) is 5.04. The Hall–Kier alpha value is -1.67. The normalized spacial score (nSPS) is 11.4. The lowest BCUT2D eigenvalue weighted by atomic mass is 10.2. The van der Waals surface area contributed by atoms with Crippen molar-refractivity contribution < 1.29 is 4.39 Å². The Morgan fingerprint density at radius 1 is 1.35 bits per heavy atom. The molecule has 0 bridgehead atoms. The average Bonchev–Trinajstić information content (AvgIpc) is 3.00. The van der Waals surface area contributed by atoms with Crippen molar-refractivity contribution >= 4 is 38.4 Å². The predicted molar refractivity (Wildman–Crippen MR) is 97.6 cm³/mol. The maximum Gasteiger partial charge on any atom is 0.191 e. The SMILES string of the molecule is CN=C(NCc1ccc(Br)c(F)c1)NCc1csc(N(C)C)n1. The van der Waals surface area contributed by atoms with E-state index in [0.717, 1.165) is 16.4 Å². The van der Waals surface area contributed by atoms with E-state index < -0.39 is 0 Å². The summed E-state index contributed by atoms with van der Waals surface area (Å²) in [6.07, 6.45) is 0. The van der Waals surface area contributed by atoms with Crippen LogP contribution >= 0.6 is 27.3 Å². The number of hydrogen-bond acceptors (Lipinski definition) is 4. The molecule has 0 atom stereocenters. The van der Waals surface area contributed by atoms with Crippen molar-refractivity contribution in [2.24, 2.45) is 4.99 Å². The van der Waals surface area contributed by atoms with Gasteiger partial charge >= 0.3 is 0 Å². The number of aromatic nitrogens is 1. The van der Waals surface area contributed by atoms with E-state index in [1.807, 2.05) is 30.4 Å². The molecule has 124 valence electrons. The number of rotatable bonds is 5. The second kappa shape index (κ2) is 8.26. The maximum atomic E-state index is 13.5. The Balaban J connectivity index is 1.86. The van der Waals surface area contributed by atoms with Gasteiger partial charge in [0.2, 0.25) is 0 Å². The summed E-state index contributed by atoms with van der Waals surface area (Å²) in [5.74, 6) is 0.374. The largest absolute Gasteiger partial charge is 0.354 e. The fourth-order valence-electron chi connectivity index (χ4n) is 1.81. The highest BCUT2D eigenvalue weighted by Gasteiger charge is 2.05. The van der Waals surface area contributed by atoms with E-state index >= 15 is 0 Å². The lowest BCUT2D eigenvalue weighted by Gasteiger charge is -2.11. The Kier molecular flexibility index (Phi) is 6.35. The Labute approximate surface area is 147 Å². The first-order chi connectivity index (χ1) is 11.0. The molecule has 1 aromatic heterocycles. The van der Waals surface area contributed by atoms with Crippen LogP contribution in [0.4, 0.5) is 9.52 Å². The molecule has 0 amide bonds. The topological polar surface area (TPSA) is 52.6 Å². The van der Waals surface area contributed by atoms with Gasteiger partial charge in [-0.3, -0.25) is 4.99 Å². The molecule has 0 aliphatic rings. The molecule has 5 nitrogen and oxygen atoms in total. The van der Waals surface area contributed by atoms with E-state index in [0.29, 0.717) is 23.5 Å². The number of anilines is 1. The standard InChI is InChI=1S/C15H19BrFN5S/c1-18-14(19-7-10-4-5-12(16)13(17)6-10)20-8-11-9-23-15(21-11)22(2)3/h4-6,9H,7-8H2,1-3H3,(H2,18,19,20).